The minimum absolute atomic E-state index is 0.00311. The van der Waals surface area contributed by atoms with Gasteiger partial charge in [-0.15, -0.1) is 0 Å². The van der Waals surface area contributed by atoms with Gasteiger partial charge >= 0.3 is 0 Å². The Balaban J connectivity index is 1.75. The summed E-state index contributed by atoms with van der Waals surface area (Å²) in [7, 11) is 0. The normalized spacial score (nSPS) is 11.9. The van der Waals surface area contributed by atoms with Crippen LogP contribution >= 0.6 is 0 Å². The third kappa shape index (κ3) is 5.60. The molecule has 1 N–H and O–H groups in total. The molecule has 3 aromatic rings. The quantitative estimate of drug-likeness (QED) is 0.507. The molecule has 0 unspecified atom stereocenters. The van der Waals surface area contributed by atoms with Crippen molar-refractivity contribution in [2.24, 2.45) is 0 Å². The van der Waals surface area contributed by atoms with Gasteiger partial charge < -0.3 is 10.1 Å². The lowest BCUT2D eigenvalue weighted by molar-refractivity contribution is 0.453. The Morgan fingerprint density at radius 2 is 1.55 bits per heavy atom. The molecule has 0 aliphatic heterocycles. The van der Waals surface area contributed by atoms with Crippen LogP contribution in [-0.4, -0.2) is 4.98 Å². The maximum atomic E-state index is 6.29. The molecule has 3 rings (SSSR count). The van der Waals surface area contributed by atoms with E-state index in [0.29, 0.717) is 0 Å². The standard InChI is InChI=1S/C26H32N2O/c1-25(2,3)20-12-15-23(22(17-20)26(4,5)6)29-21-13-10-19(11-14-21)18-28-24-9-7-8-16-27-24/h7-17H,18H2,1-6H3,(H,27,28). The average Bonchev–Trinajstić information content (AvgIpc) is 2.67. The highest BCUT2D eigenvalue weighted by molar-refractivity contribution is 5.46. The molecule has 0 saturated carbocycles. The Morgan fingerprint density at radius 3 is 2.14 bits per heavy atom. The molecular weight excluding hydrogens is 356 g/mol. The van der Waals surface area contributed by atoms with Gasteiger partial charge in [0.1, 0.15) is 17.3 Å². The summed E-state index contributed by atoms with van der Waals surface area (Å²) in [5.74, 6) is 2.65. The van der Waals surface area contributed by atoms with Crippen molar-refractivity contribution in [2.75, 3.05) is 5.32 Å². The summed E-state index contributed by atoms with van der Waals surface area (Å²) in [5.41, 5.74) is 3.85. The molecule has 0 bridgehead atoms. The zero-order valence-electron chi connectivity index (χ0n) is 18.4. The molecule has 3 nitrogen and oxygen atoms in total. The fraction of sp³-hybridized carbons (Fsp3) is 0.346. The number of anilines is 1. The maximum absolute atomic E-state index is 6.29. The Labute approximate surface area is 175 Å². The number of benzene rings is 2. The smallest absolute Gasteiger partial charge is 0.131 e. The van der Waals surface area contributed by atoms with E-state index in [4.69, 9.17) is 4.74 Å². The number of aromatic nitrogens is 1. The summed E-state index contributed by atoms with van der Waals surface area (Å²) < 4.78 is 6.29. The van der Waals surface area contributed by atoms with Crippen LogP contribution in [0.1, 0.15) is 58.2 Å². The highest BCUT2D eigenvalue weighted by atomic mass is 16.5. The first-order chi connectivity index (χ1) is 13.6. The predicted molar refractivity (Wildman–Crippen MR) is 122 cm³/mol. The van der Waals surface area contributed by atoms with Crippen LogP contribution in [-0.2, 0) is 17.4 Å². The molecule has 2 aromatic carbocycles. The van der Waals surface area contributed by atoms with Gasteiger partial charge in [-0.25, -0.2) is 4.98 Å². The number of nitrogens with zero attached hydrogens (tertiary/aromatic N) is 1. The van der Waals surface area contributed by atoms with Crippen molar-refractivity contribution in [2.45, 2.75) is 58.9 Å². The number of rotatable bonds is 5. The summed E-state index contributed by atoms with van der Waals surface area (Å²) in [4.78, 5) is 4.29. The number of hydrogen-bond donors (Lipinski definition) is 1. The molecule has 0 aliphatic carbocycles. The van der Waals surface area contributed by atoms with Gasteiger partial charge in [-0.05, 0) is 52.3 Å². The molecule has 0 amide bonds. The van der Waals surface area contributed by atoms with Crippen LogP contribution in [0.2, 0.25) is 0 Å². The SMILES string of the molecule is CC(C)(C)c1ccc(Oc2ccc(CNc3ccccn3)cc2)c(C(C)(C)C)c1. The minimum Gasteiger partial charge on any atom is -0.457 e. The first-order valence-corrected chi connectivity index (χ1v) is 10.2. The molecule has 0 saturated heterocycles. The Morgan fingerprint density at radius 1 is 0.828 bits per heavy atom. The monoisotopic (exact) mass is 388 g/mol. The van der Waals surface area contributed by atoms with E-state index in [2.05, 4.69) is 82.2 Å². The molecule has 0 fully saturated rings. The Bertz CT molecular complexity index is 933. The van der Waals surface area contributed by atoms with E-state index >= 15 is 0 Å². The van der Waals surface area contributed by atoms with Crippen LogP contribution in [0.3, 0.4) is 0 Å². The molecule has 0 atom stereocenters. The van der Waals surface area contributed by atoms with Gasteiger partial charge in [-0.3, -0.25) is 0 Å². The lowest BCUT2D eigenvalue weighted by atomic mass is 9.80. The summed E-state index contributed by atoms with van der Waals surface area (Å²) in [6.45, 7) is 14.1. The summed E-state index contributed by atoms with van der Waals surface area (Å²) in [5, 5.41) is 3.33. The Hall–Kier alpha value is -2.81. The first kappa shape index (κ1) is 20.9. The second kappa shape index (κ2) is 8.28. The van der Waals surface area contributed by atoms with Crippen LogP contribution < -0.4 is 10.1 Å². The largest absolute Gasteiger partial charge is 0.457 e. The van der Waals surface area contributed by atoms with Crippen molar-refractivity contribution in [1.82, 2.24) is 4.98 Å². The van der Waals surface area contributed by atoms with Crippen molar-refractivity contribution in [1.29, 1.82) is 0 Å². The first-order valence-electron chi connectivity index (χ1n) is 10.2. The molecule has 0 spiro atoms. The molecule has 1 heterocycles. The second-order valence-electron chi connectivity index (χ2n) is 9.53. The van der Waals surface area contributed by atoms with E-state index in [9.17, 15) is 0 Å². The lowest BCUT2D eigenvalue weighted by Crippen LogP contribution is -2.17. The highest BCUT2D eigenvalue weighted by Crippen LogP contribution is 2.37. The lowest BCUT2D eigenvalue weighted by Gasteiger charge is -2.27. The summed E-state index contributed by atoms with van der Waals surface area (Å²) in [6, 6.07) is 20.7. The Kier molecular flexibility index (Phi) is 5.97. The van der Waals surface area contributed by atoms with Crippen LogP contribution in [0.5, 0.6) is 11.5 Å². The molecule has 0 aliphatic rings. The van der Waals surface area contributed by atoms with E-state index in [1.165, 1.54) is 16.7 Å². The predicted octanol–water partition coefficient (Wildman–Crippen LogP) is 7.08. The molecule has 3 heteroatoms. The van der Waals surface area contributed by atoms with Gasteiger partial charge in [0.25, 0.3) is 0 Å². The molecular formula is C26H32N2O. The average molecular weight is 389 g/mol. The fourth-order valence-electron chi connectivity index (χ4n) is 3.13. The zero-order chi connectivity index (χ0) is 21.1. The molecule has 0 radical (unpaired) electrons. The van der Waals surface area contributed by atoms with Crippen molar-refractivity contribution in [3.63, 3.8) is 0 Å². The van der Waals surface area contributed by atoms with Gasteiger partial charge in [0, 0.05) is 18.3 Å². The third-order valence-corrected chi connectivity index (χ3v) is 4.94. The third-order valence-electron chi connectivity index (χ3n) is 4.94. The van der Waals surface area contributed by atoms with E-state index in [1.54, 1.807) is 6.20 Å². The van der Waals surface area contributed by atoms with Crippen molar-refractivity contribution in [3.8, 4) is 11.5 Å². The molecule has 1 aromatic heterocycles. The topological polar surface area (TPSA) is 34.1 Å². The van der Waals surface area contributed by atoms with Crippen LogP contribution in [0.25, 0.3) is 0 Å². The van der Waals surface area contributed by atoms with Gasteiger partial charge in [0.05, 0.1) is 0 Å². The van der Waals surface area contributed by atoms with E-state index < -0.39 is 0 Å². The number of pyridine rings is 1. The maximum Gasteiger partial charge on any atom is 0.131 e. The van der Waals surface area contributed by atoms with Crippen LogP contribution in [0, 0.1) is 0 Å². The van der Waals surface area contributed by atoms with E-state index in [0.717, 1.165) is 23.9 Å². The van der Waals surface area contributed by atoms with Crippen molar-refractivity contribution >= 4 is 5.82 Å². The molecule has 152 valence electrons. The van der Waals surface area contributed by atoms with Crippen molar-refractivity contribution < 1.29 is 4.74 Å². The van der Waals surface area contributed by atoms with Gasteiger partial charge in [-0.2, -0.15) is 0 Å². The number of ether oxygens (including phenoxy) is 1. The van der Waals surface area contributed by atoms with E-state index in [1.807, 2.05) is 30.3 Å². The zero-order valence-corrected chi connectivity index (χ0v) is 18.4. The number of hydrogen-bond acceptors (Lipinski definition) is 3. The van der Waals surface area contributed by atoms with Crippen LogP contribution in [0.4, 0.5) is 5.82 Å². The highest BCUT2D eigenvalue weighted by Gasteiger charge is 2.23. The minimum atomic E-state index is 0.00311. The van der Waals surface area contributed by atoms with Crippen molar-refractivity contribution in [3.05, 3.63) is 83.6 Å². The van der Waals surface area contributed by atoms with Gasteiger partial charge in [0.2, 0.25) is 0 Å². The van der Waals surface area contributed by atoms with E-state index in [-0.39, 0.29) is 10.8 Å². The van der Waals surface area contributed by atoms with Gasteiger partial charge in [0.15, 0.2) is 0 Å². The van der Waals surface area contributed by atoms with Gasteiger partial charge in [-0.1, -0.05) is 71.9 Å². The number of nitrogens with one attached hydrogen (secondary N) is 1. The van der Waals surface area contributed by atoms with Crippen LogP contribution in [0.15, 0.2) is 66.9 Å². The second-order valence-corrected chi connectivity index (χ2v) is 9.53. The molecule has 29 heavy (non-hydrogen) atoms. The fourth-order valence-corrected chi connectivity index (χ4v) is 3.13. The summed E-state index contributed by atoms with van der Waals surface area (Å²) in [6.07, 6.45) is 1.79. The summed E-state index contributed by atoms with van der Waals surface area (Å²) >= 11 is 0.